The molecule has 0 saturated carbocycles. The van der Waals surface area contributed by atoms with Gasteiger partial charge in [0.05, 0.1) is 6.10 Å². The van der Waals surface area contributed by atoms with Crippen LogP contribution in [0.2, 0.25) is 0 Å². The number of hydrogen-bond donors (Lipinski definition) is 1. The van der Waals surface area contributed by atoms with E-state index in [2.05, 4.69) is 70.9 Å². The molecule has 2 fully saturated rings. The Morgan fingerprint density at radius 2 is 1.56 bits per heavy atom. The zero-order valence-corrected chi connectivity index (χ0v) is 14.8. The minimum absolute atomic E-state index is 0.262. The topological polar surface area (TPSA) is 24.5 Å². The Labute approximate surface area is 151 Å². The van der Waals surface area contributed by atoms with Gasteiger partial charge in [-0.05, 0) is 37.0 Å². The van der Waals surface area contributed by atoms with Crippen molar-refractivity contribution in [1.29, 1.82) is 0 Å². The minimum Gasteiger partial charge on any atom is -0.373 e. The fourth-order valence-electron chi connectivity index (χ4n) is 4.15. The molecule has 0 unspecified atom stereocenters. The van der Waals surface area contributed by atoms with E-state index in [0.717, 1.165) is 32.7 Å². The Morgan fingerprint density at radius 1 is 0.880 bits per heavy atom. The highest BCUT2D eigenvalue weighted by Gasteiger charge is 2.30. The van der Waals surface area contributed by atoms with Gasteiger partial charge in [0, 0.05) is 43.9 Å². The maximum atomic E-state index is 6.02. The summed E-state index contributed by atoms with van der Waals surface area (Å²) in [5.74, 6) is 0.592. The third kappa shape index (κ3) is 4.05. The van der Waals surface area contributed by atoms with Crippen LogP contribution >= 0.6 is 0 Å². The van der Waals surface area contributed by atoms with Crippen LogP contribution < -0.4 is 10.2 Å². The molecule has 2 aliphatic rings. The summed E-state index contributed by atoms with van der Waals surface area (Å²) < 4.78 is 6.02. The lowest BCUT2D eigenvalue weighted by molar-refractivity contribution is 0.0895. The molecule has 0 aliphatic carbocycles. The van der Waals surface area contributed by atoms with E-state index in [9.17, 15) is 0 Å². The summed E-state index contributed by atoms with van der Waals surface area (Å²) in [5, 5.41) is 3.83. The maximum absolute atomic E-state index is 6.02. The van der Waals surface area contributed by atoms with E-state index in [0.29, 0.717) is 12.0 Å². The first-order valence-electron chi connectivity index (χ1n) is 9.60. The summed E-state index contributed by atoms with van der Waals surface area (Å²) in [5.41, 5.74) is 2.68. The number of anilines is 1. The molecule has 2 aromatic rings. The van der Waals surface area contributed by atoms with Crippen LogP contribution in [-0.4, -0.2) is 32.3 Å². The summed E-state index contributed by atoms with van der Waals surface area (Å²) in [6.45, 7) is 4.24. The first-order chi connectivity index (χ1) is 12.4. The quantitative estimate of drug-likeness (QED) is 0.892. The van der Waals surface area contributed by atoms with Crippen LogP contribution in [0.15, 0.2) is 60.7 Å². The summed E-state index contributed by atoms with van der Waals surface area (Å²) in [7, 11) is 0. The van der Waals surface area contributed by atoms with Gasteiger partial charge >= 0.3 is 0 Å². The SMILES string of the molecule is c1ccc([C@@H]2OCC[C@H]2CNC2CCN(c3ccccc3)CC2)cc1. The fraction of sp³-hybridized carbons (Fsp3) is 0.455. The van der Waals surface area contributed by atoms with Crippen molar-refractivity contribution in [3.63, 3.8) is 0 Å². The van der Waals surface area contributed by atoms with E-state index in [1.54, 1.807) is 0 Å². The van der Waals surface area contributed by atoms with Crippen LogP contribution in [0.25, 0.3) is 0 Å². The number of rotatable bonds is 5. The predicted molar refractivity (Wildman–Crippen MR) is 103 cm³/mol. The lowest BCUT2D eigenvalue weighted by atomic mass is 9.94. The van der Waals surface area contributed by atoms with Crippen molar-refractivity contribution in [2.75, 3.05) is 31.1 Å². The summed E-state index contributed by atoms with van der Waals surface area (Å²) in [6.07, 6.45) is 3.87. The van der Waals surface area contributed by atoms with Gasteiger partial charge in [-0.2, -0.15) is 0 Å². The molecule has 2 heterocycles. The van der Waals surface area contributed by atoms with Crippen molar-refractivity contribution in [3.05, 3.63) is 66.2 Å². The normalized spacial score (nSPS) is 24.6. The van der Waals surface area contributed by atoms with Crippen molar-refractivity contribution in [2.45, 2.75) is 31.4 Å². The first kappa shape index (κ1) is 16.6. The molecule has 0 spiro atoms. The lowest BCUT2D eigenvalue weighted by Gasteiger charge is -2.34. The molecule has 3 nitrogen and oxygen atoms in total. The molecular weight excluding hydrogens is 308 g/mol. The van der Waals surface area contributed by atoms with E-state index < -0.39 is 0 Å². The molecule has 0 bridgehead atoms. The monoisotopic (exact) mass is 336 g/mol. The second-order valence-corrected chi connectivity index (χ2v) is 7.26. The second-order valence-electron chi connectivity index (χ2n) is 7.26. The molecule has 25 heavy (non-hydrogen) atoms. The molecule has 3 heteroatoms. The third-order valence-electron chi connectivity index (χ3n) is 5.63. The highest BCUT2D eigenvalue weighted by molar-refractivity contribution is 5.46. The van der Waals surface area contributed by atoms with E-state index >= 15 is 0 Å². The third-order valence-corrected chi connectivity index (χ3v) is 5.63. The largest absolute Gasteiger partial charge is 0.373 e. The zero-order valence-electron chi connectivity index (χ0n) is 14.8. The number of ether oxygens (including phenoxy) is 1. The fourth-order valence-corrected chi connectivity index (χ4v) is 4.15. The van der Waals surface area contributed by atoms with Gasteiger partial charge < -0.3 is 15.0 Å². The van der Waals surface area contributed by atoms with Crippen molar-refractivity contribution in [1.82, 2.24) is 5.32 Å². The average Bonchev–Trinajstić information content (AvgIpc) is 3.17. The predicted octanol–water partition coefficient (Wildman–Crippen LogP) is 4.02. The van der Waals surface area contributed by atoms with Gasteiger partial charge in [-0.25, -0.2) is 0 Å². The van der Waals surface area contributed by atoms with Gasteiger partial charge in [-0.15, -0.1) is 0 Å². The molecule has 132 valence electrons. The zero-order chi connectivity index (χ0) is 16.9. The van der Waals surface area contributed by atoms with Gasteiger partial charge in [-0.1, -0.05) is 48.5 Å². The lowest BCUT2D eigenvalue weighted by Crippen LogP contribution is -2.44. The molecule has 0 aromatic heterocycles. The van der Waals surface area contributed by atoms with Crippen molar-refractivity contribution in [3.8, 4) is 0 Å². The summed E-state index contributed by atoms with van der Waals surface area (Å²) in [6, 6.07) is 22.1. The van der Waals surface area contributed by atoms with E-state index in [-0.39, 0.29) is 6.10 Å². The van der Waals surface area contributed by atoms with Crippen LogP contribution in [0.1, 0.15) is 30.9 Å². The number of nitrogens with zero attached hydrogens (tertiary/aromatic N) is 1. The molecule has 1 N–H and O–H groups in total. The molecule has 0 amide bonds. The molecule has 2 saturated heterocycles. The number of hydrogen-bond acceptors (Lipinski definition) is 3. The second kappa shape index (κ2) is 8.03. The smallest absolute Gasteiger partial charge is 0.0866 e. The van der Waals surface area contributed by atoms with Crippen molar-refractivity contribution in [2.24, 2.45) is 5.92 Å². The van der Waals surface area contributed by atoms with Crippen LogP contribution in [0.5, 0.6) is 0 Å². The Morgan fingerprint density at radius 3 is 2.28 bits per heavy atom. The molecule has 4 rings (SSSR count). The number of nitrogens with one attached hydrogen (secondary N) is 1. The van der Waals surface area contributed by atoms with Gasteiger partial charge in [-0.3, -0.25) is 0 Å². The first-order valence-corrected chi connectivity index (χ1v) is 9.60. The van der Waals surface area contributed by atoms with Crippen LogP contribution in [0.4, 0.5) is 5.69 Å². The number of para-hydroxylation sites is 1. The Bertz CT molecular complexity index is 638. The summed E-state index contributed by atoms with van der Waals surface area (Å²) >= 11 is 0. The molecule has 2 aromatic carbocycles. The highest BCUT2D eigenvalue weighted by atomic mass is 16.5. The van der Waals surface area contributed by atoms with Gasteiger partial charge in [0.2, 0.25) is 0 Å². The van der Waals surface area contributed by atoms with Gasteiger partial charge in [0.15, 0.2) is 0 Å². The number of benzene rings is 2. The van der Waals surface area contributed by atoms with Crippen molar-refractivity contribution >= 4 is 5.69 Å². The Balaban J connectivity index is 1.27. The number of piperidine rings is 1. The molecular formula is C22H28N2O. The van der Waals surface area contributed by atoms with E-state index in [4.69, 9.17) is 4.74 Å². The van der Waals surface area contributed by atoms with Crippen LogP contribution in [-0.2, 0) is 4.74 Å². The average molecular weight is 336 g/mol. The van der Waals surface area contributed by atoms with Crippen molar-refractivity contribution < 1.29 is 4.74 Å². The molecule has 2 aliphatic heterocycles. The van der Waals surface area contributed by atoms with Crippen LogP contribution in [0, 0.1) is 5.92 Å². The maximum Gasteiger partial charge on any atom is 0.0866 e. The Hall–Kier alpha value is -1.84. The summed E-state index contributed by atoms with van der Waals surface area (Å²) in [4.78, 5) is 2.50. The van der Waals surface area contributed by atoms with Gasteiger partial charge in [0.25, 0.3) is 0 Å². The molecule has 2 atom stereocenters. The highest BCUT2D eigenvalue weighted by Crippen LogP contribution is 2.34. The minimum atomic E-state index is 0.262. The van der Waals surface area contributed by atoms with Crippen LogP contribution in [0.3, 0.4) is 0 Å². The van der Waals surface area contributed by atoms with E-state index in [1.165, 1.54) is 24.1 Å². The Kier molecular flexibility index (Phi) is 5.34. The molecule has 0 radical (unpaired) electrons. The standard InChI is InChI=1S/C22H28N2O/c1-3-7-18(8-4-1)22-19(13-16-25-22)17-23-20-11-14-24(15-12-20)21-9-5-2-6-10-21/h1-10,19-20,22-23H,11-17H2/t19-,22-/m0/s1. The van der Waals surface area contributed by atoms with Gasteiger partial charge in [0.1, 0.15) is 0 Å². The van der Waals surface area contributed by atoms with E-state index in [1.807, 2.05) is 0 Å².